The molecule has 0 heterocycles. The van der Waals surface area contributed by atoms with Crippen molar-refractivity contribution in [2.45, 2.75) is 90.8 Å². The van der Waals surface area contributed by atoms with E-state index in [-0.39, 0.29) is 12.2 Å². The minimum absolute atomic E-state index is 0.0449. The maximum Gasteiger partial charge on any atom is 0.0718 e. The van der Waals surface area contributed by atoms with Crippen LogP contribution in [0.2, 0.25) is 0 Å². The van der Waals surface area contributed by atoms with Crippen molar-refractivity contribution in [3.63, 3.8) is 0 Å². The molecule has 0 aliphatic heterocycles. The summed E-state index contributed by atoms with van der Waals surface area (Å²) >= 11 is 0. The third-order valence-electron chi connectivity index (χ3n) is 2.99. The first-order chi connectivity index (χ1) is 8.62. The molecule has 18 heavy (non-hydrogen) atoms. The normalized spacial score (nSPS) is 13.4. The van der Waals surface area contributed by atoms with Crippen LogP contribution < -0.4 is 0 Å². The van der Waals surface area contributed by atoms with Gasteiger partial charge in [-0.2, -0.15) is 0 Å². The molecule has 2 nitrogen and oxygen atoms in total. The Morgan fingerprint density at radius 2 is 1.39 bits per heavy atom. The fourth-order valence-electron chi connectivity index (χ4n) is 1.56. The highest BCUT2D eigenvalue weighted by atomic mass is 16.3. The molecule has 0 saturated heterocycles. The lowest BCUT2D eigenvalue weighted by Gasteiger charge is -2.04. The highest BCUT2D eigenvalue weighted by Crippen LogP contribution is 2.05. The van der Waals surface area contributed by atoms with E-state index in [1.807, 2.05) is 6.92 Å². The molecule has 2 atom stereocenters. The predicted octanol–water partition coefficient (Wildman–Crippen LogP) is 4.45. The summed E-state index contributed by atoms with van der Waals surface area (Å²) in [6, 6.07) is 0. The number of aliphatic hydroxyl groups excluding tert-OH is 2. The van der Waals surface area contributed by atoms with Gasteiger partial charge in [-0.1, -0.05) is 65.4 Å². The van der Waals surface area contributed by atoms with E-state index in [0.29, 0.717) is 0 Å². The molecular formula is C16H34O2. The lowest BCUT2D eigenvalue weighted by molar-refractivity contribution is 0.156. The fraction of sp³-hybridized carbons (Fsp3) is 0.875. The van der Waals surface area contributed by atoms with Gasteiger partial charge in [0.15, 0.2) is 0 Å². The van der Waals surface area contributed by atoms with E-state index in [1.165, 1.54) is 32.1 Å². The second kappa shape index (κ2) is 16.7. The Bertz CT molecular complexity index is 157. The topological polar surface area (TPSA) is 40.5 Å². The zero-order valence-corrected chi connectivity index (χ0v) is 12.7. The van der Waals surface area contributed by atoms with Crippen LogP contribution in [0.25, 0.3) is 0 Å². The molecule has 0 aromatic rings. The minimum Gasteiger partial charge on any atom is -0.393 e. The molecule has 0 aromatic carbocycles. The van der Waals surface area contributed by atoms with Gasteiger partial charge in [-0.05, 0) is 19.3 Å². The van der Waals surface area contributed by atoms with Crippen LogP contribution in [0, 0.1) is 0 Å². The molecule has 0 fully saturated rings. The lowest BCUT2D eigenvalue weighted by atomic mass is 10.1. The van der Waals surface area contributed by atoms with Crippen molar-refractivity contribution in [3.8, 4) is 0 Å². The predicted molar refractivity (Wildman–Crippen MR) is 80.8 cm³/mol. The summed E-state index contributed by atoms with van der Waals surface area (Å²) in [5.41, 5.74) is 0. The van der Waals surface area contributed by atoms with Gasteiger partial charge in [0, 0.05) is 0 Å². The summed E-state index contributed by atoms with van der Waals surface area (Å²) < 4.78 is 0. The molecule has 0 amide bonds. The number of hydrogen-bond acceptors (Lipinski definition) is 2. The SMILES string of the molecule is C=CC(O)CCCCC.CCCCCC(O)CC. The summed E-state index contributed by atoms with van der Waals surface area (Å²) in [7, 11) is 0. The average molecular weight is 258 g/mol. The second-order valence-corrected chi connectivity index (χ2v) is 4.86. The van der Waals surface area contributed by atoms with Gasteiger partial charge in [-0.3, -0.25) is 0 Å². The standard InChI is InChI=1S/C8H18O.C8H16O/c2*1-3-5-6-7-8(9)4-2/h8-9H,3-7H2,1-2H3;4,8-9H,2-3,5-7H2,1H3. The van der Waals surface area contributed by atoms with Gasteiger partial charge < -0.3 is 10.2 Å². The van der Waals surface area contributed by atoms with Crippen LogP contribution in [0.5, 0.6) is 0 Å². The first kappa shape index (κ1) is 20.0. The molecule has 2 heteroatoms. The lowest BCUT2D eigenvalue weighted by Crippen LogP contribution is -2.02. The van der Waals surface area contributed by atoms with Gasteiger partial charge in [-0.15, -0.1) is 6.58 Å². The van der Waals surface area contributed by atoms with Gasteiger partial charge in [0.05, 0.1) is 12.2 Å². The van der Waals surface area contributed by atoms with Gasteiger partial charge in [0.2, 0.25) is 0 Å². The first-order valence-electron chi connectivity index (χ1n) is 7.60. The van der Waals surface area contributed by atoms with E-state index in [9.17, 15) is 0 Å². The average Bonchev–Trinajstić information content (AvgIpc) is 2.39. The van der Waals surface area contributed by atoms with Crippen LogP contribution in [0.15, 0.2) is 12.7 Å². The van der Waals surface area contributed by atoms with Crippen molar-refractivity contribution in [2.24, 2.45) is 0 Å². The summed E-state index contributed by atoms with van der Waals surface area (Å²) in [5, 5.41) is 18.1. The summed E-state index contributed by atoms with van der Waals surface area (Å²) in [6.45, 7) is 9.85. The zero-order valence-electron chi connectivity index (χ0n) is 12.7. The Kier molecular flexibility index (Phi) is 18.5. The third kappa shape index (κ3) is 18.0. The van der Waals surface area contributed by atoms with Gasteiger partial charge in [0.1, 0.15) is 0 Å². The largest absolute Gasteiger partial charge is 0.393 e. The molecule has 0 aliphatic rings. The van der Waals surface area contributed by atoms with Crippen LogP contribution >= 0.6 is 0 Å². The van der Waals surface area contributed by atoms with Crippen LogP contribution in [0.3, 0.4) is 0 Å². The number of hydrogen-bond donors (Lipinski definition) is 2. The Balaban J connectivity index is 0. The molecule has 0 aliphatic carbocycles. The molecule has 0 radical (unpaired) electrons. The molecule has 0 spiro atoms. The van der Waals surface area contributed by atoms with E-state index in [0.717, 1.165) is 25.7 Å². The molecule has 0 bridgehead atoms. The van der Waals surface area contributed by atoms with Gasteiger partial charge in [-0.25, -0.2) is 0 Å². The smallest absolute Gasteiger partial charge is 0.0718 e. The molecule has 2 N–H and O–H groups in total. The highest BCUT2D eigenvalue weighted by Gasteiger charge is 1.97. The van der Waals surface area contributed by atoms with E-state index >= 15 is 0 Å². The molecular weight excluding hydrogens is 224 g/mol. The Labute approximate surface area is 114 Å². The minimum atomic E-state index is -0.281. The maximum atomic E-state index is 9.08. The molecule has 0 saturated carbocycles. The van der Waals surface area contributed by atoms with E-state index in [2.05, 4.69) is 20.4 Å². The number of aliphatic hydroxyl groups is 2. The van der Waals surface area contributed by atoms with E-state index in [4.69, 9.17) is 10.2 Å². The first-order valence-corrected chi connectivity index (χ1v) is 7.60. The van der Waals surface area contributed by atoms with Crippen molar-refractivity contribution in [1.82, 2.24) is 0 Å². The molecule has 0 aromatic heterocycles. The summed E-state index contributed by atoms with van der Waals surface area (Å²) in [6.07, 6.45) is 11.3. The quantitative estimate of drug-likeness (QED) is 0.449. The van der Waals surface area contributed by atoms with Crippen LogP contribution in [0.1, 0.15) is 78.6 Å². The van der Waals surface area contributed by atoms with Crippen molar-refractivity contribution in [3.05, 3.63) is 12.7 Å². The van der Waals surface area contributed by atoms with Crippen molar-refractivity contribution < 1.29 is 10.2 Å². The molecule has 2 unspecified atom stereocenters. The maximum absolute atomic E-state index is 9.08. The fourth-order valence-corrected chi connectivity index (χ4v) is 1.56. The second-order valence-electron chi connectivity index (χ2n) is 4.86. The number of unbranched alkanes of at least 4 members (excludes halogenated alkanes) is 4. The third-order valence-corrected chi connectivity index (χ3v) is 2.99. The Hall–Kier alpha value is -0.340. The monoisotopic (exact) mass is 258 g/mol. The number of rotatable bonds is 10. The van der Waals surface area contributed by atoms with Gasteiger partial charge >= 0.3 is 0 Å². The molecule has 0 rings (SSSR count). The zero-order chi connectivity index (χ0) is 14.2. The van der Waals surface area contributed by atoms with E-state index in [1.54, 1.807) is 6.08 Å². The van der Waals surface area contributed by atoms with Gasteiger partial charge in [0.25, 0.3) is 0 Å². The summed E-state index contributed by atoms with van der Waals surface area (Å²) in [4.78, 5) is 0. The highest BCUT2D eigenvalue weighted by molar-refractivity contribution is 4.77. The molecule has 110 valence electrons. The van der Waals surface area contributed by atoms with Crippen molar-refractivity contribution in [2.75, 3.05) is 0 Å². The Morgan fingerprint density at radius 1 is 0.889 bits per heavy atom. The summed E-state index contributed by atoms with van der Waals surface area (Å²) in [5.74, 6) is 0. The van der Waals surface area contributed by atoms with E-state index < -0.39 is 0 Å². The van der Waals surface area contributed by atoms with Crippen LogP contribution in [-0.4, -0.2) is 22.4 Å². The van der Waals surface area contributed by atoms with Crippen LogP contribution in [-0.2, 0) is 0 Å². The Morgan fingerprint density at radius 3 is 1.78 bits per heavy atom. The van der Waals surface area contributed by atoms with Crippen molar-refractivity contribution in [1.29, 1.82) is 0 Å². The van der Waals surface area contributed by atoms with Crippen LogP contribution in [0.4, 0.5) is 0 Å². The van der Waals surface area contributed by atoms with Crippen molar-refractivity contribution >= 4 is 0 Å².